The van der Waals surface area contributed by atoms with Crippen LogP contribution in [0.25, 0.3) is 0 Å². The van der Waals surface area contributed by atoms with Gasteiger partial charge in [0.05, 0.1) is 6.54 Å². The van der Waals surface area contributed by atoms with E-state index in [9.17, 15) is 9.90 Å². The molecule has 1 atom stereocenters. The molecule has 86 valence electrons. The van der Waals surface area contributed by atoms with Gasteiger partial charge in [0, 0.05) is 18.7 Å². The maximum Gasteiger partial charge on any atom is 0.254 e. The van der Waals surface area contributed by atoms with Crippen LogP contribution in [0.1, 0.15) is 10.4 Å². The first kappa shape index (κ1) is 11.1. The second kappa shape index (κ2) is 4.63. The van der Waals surface area contributed by atoms with E-state index in [1.807, 2.05) is 30.1 Å². The number of aliphatic hydroxyl groups excluding tert-OH is 1. The minimum atomic E-state index is -0.554. The van der Waals surface area contributed by atoms with Crippen molar-refractivity contribution >= 4 is 5.91 Å². The predicted octanol–water partition coefficient (Wildman–Crippen LogP) is 0.393. The van der Waals surface area contributed by atoms with Gasteiger partial charge < -0.3 is 10.0 Å². The summed E-state index contributed by atoms with van der Waals surface area (Å²) >= 11 is 0. The van der Waals surface area contributed by atoms with Crippen molar-refractivity contribution in [2.75, 3.05) is 26.7 Å². The van der Waals surface area contributed by atoms with Gasteiger partial charge in [-0.2, -0.15) is 0 Å². The second-order valence-corrected chi connectivity index (χ2v) is 4.08. The smallest absolute Gasteiger partial charge is 0.254 e. The number of likely N-dealkylation sites (N-methyl/N-ethyl adjacent to an activating group) is 1. The summed E-state index contributed by atoms with van der Waals surface area (Å²) < 4.78 is 0. The van der Waals surface area contributed by atoms with Crippen LogP contribution >= 0.6 is 0 Å². The molecule has 1 aromatic rings. The number of rotatable bonds is 1. The number of hydrogen-bond acceptors (Lipinski definition) is 3. The Bertz CT molecular complexity index is 367. The van der Waals surface area contributed by atoms with Gasteiger partial charge in [0.2, 0.25) is 0 Å². The maximum absolute atomic E-state index is 12.0. The lowest BCUT2D eigenvalue weighted by Crippen LogP contribution is -2.53. The van der Waals surface area contributed by atoms with E-state index in [2.05, 4.69) is 0 Å². The van der Waals surface area contributed by atoms with Crippen molar-refractivity contribution in [3.05, 3.63) is 35.9 Å². The van der Waals surface area contributed by atoms with Gasteiger partial charge in [0.25, 0.3) is 5.91 Å². The molecule has 1 fully saturated rings. The van der Waals surface area contributed by atoms with Gasteiger partial charge in [-0.3, -0.25) is 9.69 Å². The highest BCUT2D eigenvalue weighted by atomic mass is 16.3. The van der Waals surface area contributed by atoms with Crippen molar-refractivity contribution in [2.24, 2.45) is 0 Å². The van der Waals surface area contributed by atoms with Gasteiger partial charge in [-0.05, 0) is 19.2 Å². The Morgan fingerprint density at radius 3 is 2.62 bits per heavy atom. The molecule has 0 aromatic heterocycles. The van der Waals surface area contributed by atoms with E-state index in [0.717, 1.165) is 0 Å². The zero-order chi connectivity index (χ0) is 11.5. The number of carbonyl (C=O) groups is 1. The highest BCUT2D eigenvalue weighted by Gasteiger charge is 2.25. The lowest BCUT2D eigenvalue weighted by molar-refractivity contribution is -0.0338. The zero-order valence-electron chi connectivity index (χ0n) is 9.34. The van der Waals surface area contributed by atoms with Crippen molar-refractivity contribution in [1.29, 1.82) is 0 Å². The third-order valence-corrected chi connectivity index (χ3v) is 2.92. The topological polar surface area (TPSA) is 43.8 Å². The number of amides is 1. The molecule has 1 aliphatic heterocycles. The fraction of sp³-hybridized carbons (Fsp3) is 0.417. The van der Waals surface area contributed by atoms with Crippen LogP contribution in [0, 0.1) is 0 Å². The van der Waals surface area contributed by atoms with Crippen LogP contribution < -0.4 is 0 Å². The highest BCUT2D eigenvalue weighted by molar-refractivity contribution is 5.94. The molecule has 0 aliphatic carbocycles. The van der Waals surface area contributed by atoms with Crippen LogP contribution in [0.5, 0.6) is 0 Å². The van der Waals surface area contributed by atoms with Crippen LogP contribution in [-0.2, 0) is 0 Å². The summed E-state index contributed by atoms with van der Waals surface area (Å²) in [4.78, 5) is 15.6. The van der Waals surface area contributed by atoms with Gasteiger partial charge in [0.1, 0.15) is 6.23 Å². The number of benzene rings is 1. The van der Waals surface area contributed by atoms with Gasteiger partial charge in [-0.1, -0.05) is 18.2 Å². The van der Waals surface area contributed by atoms with E-state index in [4.69, 9.17) is 0 Å². The Kier molecular flexibility index (Phi) is 3.22. The molecular formula is C12H16N2O2. The molecule has 1 saturated heterocycles. The Morgan fingerprint density at radius 1 is 1.31 bits per heavy atom. The molecule has 1 amide bonds. The molecule has 1 N–H and O–H groups in total. The minimum Gasteiger partial charge on any atom is -0.377 e. The Morgan fingerprint density at radius 2 is 2.00 bits per heavy atom. The van der Waals surface area contributed by atoms with Crippen LogP contribution in [0.2, 0.25) is 0 Å². The zero-order valence-corrected chi connectivity index (χ0v) is 9.34. The number of nitrogens with zero attached hydrogens (tertiary/aromatic N) is 2. The molecule has 1 heterocycles. The molecule has 0 bridgehead atoms. The highest BCUT2D eigenvalue weighted by Crippen LogP contribution is 2.10. The van der Waals surface area contributed by atoms with Crippen molar-refractivity contribution in [3.63, 3.8) is 0 Å². The third kappa shape index (κ3) is 2.23. The first-order chi connectivity index (χ1) is 7.68. The van der Waals surface area contributed by atoms with Gasteiger partial charge in [0.15, 0.2) is 0 Å². The standard InChI is InChI=1S/C12H16N2O2/c1-13-7-8-14(9-11(13)15)12(16)10-5-3-2-4-6-10/h2-6,11,15H,7-9H2,1H3. The summed E-state index contributed by atoms with van der Waals surface area (Å²) in [5, 5.41) is 9.68. The molecular weight excluding hydrogens is 204 g/mol. The molecule has 1 aromatic carbocycles. The van der Waals surface area contributed by atoms with E-state index in [1.165, 1.54) is 0 Å². The lowest BCUT2D eigenvalue weighted by atomic mass is 10.2. The average Bonchev–Trinajstić information content (AvgIpc) is 2.33. The monoisotopic (exact) mass is 220 g/mol. The molecule has 1 unspecified atom stereocenters. The van der Waals surface area contributed by atoms with Crippen LogP contribution in [0.15, 0.2) is 30.3 Å². The summed E-state index contributed by atoms with van der Waals surface area (Å²) in [6, 6.07) is 9.18. The minimum absolute atomic E-state index is 0.00671. The first-order valence-electron chi connectivity index (χ1n) is 5.41. The van der Waals surface area contributed by atoms with Crippen molar-refractivity contribution in [2.45, 2.75) is 6.23 Å². The van der Waals surface area contributed by atoms with E-state index in [1.54, 1.807) is 17.0 Å². The Hall–Kier alpha value is -1.39. The predicted molar refractivity (Wildman–Crippen MR) is 61.0 cm³/mol. The summed E-state index contributed by atoms with van der Waals surface area (Å²) in [5.41, 5.74) is 0.680. The molecule has 4 heteroatoms. The van der Waals surface area contributed by atoms with Crippen molar-refractivity contribution in [1.82, 2.24) is 9.80 Å². The second-order valence-electron chi connectivity index (χ2n) is 4.08. The first-order valence-corrected chi connectivity index (χ1v) is 5.41. The van der Waals surface area contributed by atoms with E-state index in [0.29, 0.717) is 25.2 Å². The van der Waals surface area contributed by atoms with Crippen LogP contribution in [-0.4, -0.2) is 53.7 Å². The number of carbonyl (C=O) groups excluding carboxylic acids is 1. The number of β-amino-alcohol motifs (C(OH)–C–C–N with tert-alkyl or cyclic N) is 1. The van der Waals surface area contributed by atoms with E-state index in [-0.39, 0.29) is 5.91 Å². The molecule has 16 heavy (non-hydrogen) atoms. The Labute approximate surface area is 95.1 Å². The third-order valence-electron chi connectivity index (χ3n) is 2.92. The average molecular weight is 220 g/mol. The fourth-order valence-electron chi connectivity index (χ4n) is 1.80. The van der Waals surface area contributed by atoms with Crippen molar-refractivity contribution < 1.29 is 9.90 Å². The molecule has 2 rings (SSSR count). The van der Waals surface area contributed by atoms with Crippen molar-refractivity contribution in [3.8, 4) is 0 Å². The molecule has 4 nitrogen and oxygen atoms in total. The van der Waals surface area contributed by atoms with E-state index >= 15 is 0 Å². The lowest BCUT2D eigenvalue weighted by Gasteiger charge is -2.36. The van der Waals surface area contributed by atoms with Gasteiger partial charge in [-0.25, -0.2) is 0 Å². The largest absolute Gasteiger partial charge is 0.377 e. The molecule has 0 saturated carbocycles. The molecule has 0 spiro atoms. The molecule has 1 aliphatic rings. The van der Waals surface area contributed by atoms with Crippen LogP contribution in [0.4, 0.5) is 0 Å². The van der Waals surface area contributed by atoms with Crippen LogP contribution in [0.3, 0.4) is 0 Å². The number of hydrogen-bond donors (Lipinski definition) is 1. The summed E-state index contributed by atoms with van der Waals surface area (Å²) in [6.45, 7) is 1.76. The SMILES string of the molecule is CN1CCN(C(=O)c2ccccc2)CC1O. The van der Waals surface area contributed by atoms with Gasteiger partial charge in [-0.15, -0.1) is 0 Å². The molecule has 0 radical (unpaired) electrons. The maximum atomic E-state index is 12.0. The fourth-order valence-corrected chi connectivity index (χ4v) is 1.80. The number of aliphatic hydroxyl groups is 1. The normalized spacial score (nSPS) is 22.1. The van der Waals surface area contributed by atoms with E-state index < -0.39 is 6.23 Å². The summed E-state index contributed by atoms with van der Waals surface area (Å²) in [5.74, 6) is -0.00671. The summed E-state index contributed by atoms with van der Waals surface area (Å²) in [6.07, 6.45) is -0.554. The van der Waals surface area contributed by atoms with Gasteiger partial charge >= 0.3 is 0 Å². The Balaban J connectivity index is 2.06. The number of piperazine rings is 1. The summed E-state index contributed by atoms with van der Waals surface area (Å²) in [7, 11) is 1.86. The quantitative estimate of drug-likeness (QED) is 0.744.